The zero-order valence-corrected chi connectivity index (χ0v) is 15.1. The maximum atomic E-state index is 12.4. The van der Waals surface area contributed by atoms with Crippen molar-refractivity contribution in [3.63, 3.8) is 0 Å². The molecule has 26 heavy (non-hydrogen) atoms. The first-order valence-corrected chi connectivity index (χ1v) is 8.93. The molecule has 0 aliphatic heterocycles. The van der Waals surface area contributed by atoms with Gasteiger partial charge in [-0.1, -0.05) is 42.5 Å². The van der Waals surface area contributed by atoms with Crippen LogP contribution in [0.3, 0.4) is 0 Å². The molecule has 0 heterocycles. The monoisotopic (exact) mass is 370 g/mol. The van der Waals surface area contributed by atoms with Crippen LogP contribution in [0.4, 0.5) is 5.69 Å². The second kappa shape index (κ2) is 7.45. The molecule has 3 aromatic carbocycles. The summed E-state index contributed by atoms with van der Waals surface area (Å²) < 4.78 is 20.5. The number of carbonyl (C=O) groups is 1. The van der Waals surface area contributed by atoms with Gasteiger partial charge in [-0.15, -0.1) is 0 Å². The van der Waals surface area contributed by atoms with Gasteiger partial charge in [-0.05, 0) is 18.2 Å². The molecule has 0 aliphatic carbocycles. The van der Waals surface area contributed by atoms with Crippen LogP contribution in [0.25, 0.3) is 10.8 Å². The van der Waals surface area contributed by atoms with E-state index in [0.717, 1.165) is 0 Å². The lowest BCUT2D eigenvalue weighted by Gasteiger charge is -2.16. The summed E-state index contributed by atoms with van der Waals surface area (Å²) in [5, 5.41) is 11.6. The van der Waals surface area contributed by atoms with Gasteiger partial charge in [0.1, 0.15) is 11.5 Å². The summed E-state index contributed by atoms with van der Waals surface area (Å²) in [5.41, 5.74) is 0.547. The topological polar surface area (TPSA) is 78.9 Å². The number of fused-ring (bicyclic) bond motifs is 1. The minimum atomic E-state index is -1.87. The molecule has 0 aliphatic rings. The van der Waals surface area contributed by atoms with E-state index in [-0.39, 0.29) is 17.2 Å². The van der Waals surface area contributed by atoms with Crippen LogP contribution in [0, 0.1) is 0 Å². The Kier molecular flexibility index (Phi) is 5.09. The predicted octanol–water partition coefficient (Wildman–Crippen LogP) is 3.32. The number of nitrogens with zero attached hydrogens (tertiary/aromatic N) is 1. The summed E-state index contributed by atoms with van der Waals surface area (Å²) in [5.74, 6) is -0.0170. The smallest absolute Gasteiger partial charge is 0.316 e. The molecule has 3 aromatic rings. The third-order valence-electron chi connectivity index (χ3n) is 3.76. The molecular weight excluding hydrogens is 352 g/mol. The Morgan fingerprint density at radius 1 is 1.04 bits per heavy atom. The van der Waals surface area contributed by atoms with Crippen LogP contribution >= 0.6 is 0 Å². The normalized spacial score (nSPS) is 11.8. The molecule has 6 nitrogen and oxygen atoms in total. The first kappa shape index (κ1) is 17.8. The molecule has 0 fully saturated rings. The standard InChI is InChI=1S/C19H18N2O4S/c1-21(2)19(23)16-12-17(14-10-6-7-11-15(14)18(16)22)20-26(24)25-13-8-4-3-5-9-13/h3-12,20,22H,1-2H3. The first-order valence-electron chi connectivity index (χ1n) is 7.85. The van der Waals surface area contributed by atoms with Crippen molar-refractivity contribution in [2.24, 2.45) is 0 Å². The van der Waals surface area contributed by atoms with Crippen molar-refractivity contribution in [1.29, 1.82) is 0 Å². The number of carbonyl (C=O) groups excluding carboxylic acids is 1. The zero-order valence-electron chi connectivity index (χ0n) is 14.3. The van der Waals surface area contributed by atoms with Crippen molar-refractivity contribution >= 4 is 33.6 Å². The Morgan fingerprint density at radius 2 is 1.65 bits per heavy atom. The molecule has 2 N–H and O–H groups in total. The number of amides is 1. The fourth-order valence-corrected chi connectivity index (χ4v) is 3.20. The molecule has 3 rings (SSSR count). The highest BCUT2D eigenvalue weighted by Gasteiger charge is 2.19. The maximum absolute atomic E-state index is 12.4. The van der Waals surface area contributed by atoms with Crippen LogP contribution in [-0.4, -0.2) is 34.2 Å². The van der Waals surface area contributed by atoms with E-state index in [1.54, 1.807) is 62.6 Å². The molecule has 0 radical (unpaired) electrons. The summed E-state index contributed by atoms with van der Waals surface area (Å²) in [6, 6.07) is 17.2. The van der Waals surface area contributed by atoms with Crippen molar-refractivity contribution in [3.05, 3.63) is 66.2 Å². The first-order chi connectivity index (χ1) is 12.5. The third-order valence-corrected chi connectivity index (χ3v) is 4.49. The van der Waals surface area contributed by atoms with Gasteiger partial charge in [0.05, 0.1) is 11.3 Å². The number of nitrogens with one attached hydrogen (secondary N) is 1. The Bertz CT molecular complexity index is 974. The van der Waals surface area contributed by atoms with E-state index in [0.29, 0.717) is 22.2 Å². The fraction of sp³-hybridized carbons (Fsp3) is 0.105. The van der Waals surface area contributed by atoms with Crippen LogP contribution in [0.1, 0.15) is 10.4 Å². The van der Waals surface area contributed by atoms with Crippen molar-refractivity contribution < 1.29 is 18.3 Å². The van der Waals surface area contributed by atoms with Gasteiger partial charge in [0.25, 0.3) is 5.91 Å². The van der Waals surface area contributed by atoms with Gasteiger partial charge in [-0.2, -0.15) is 4.21 Å². The highest BCUT2D eigenvalue weighted by molar-refractivity contribution is 7.82. The number of hydrogen-bond acceptors (Lipinski definition) is 4. The van der Waals surface area contributed by atoms with E-state index in [1.807, 2.05) is 6.07 Å². The number of hydrogen-bond donors (Lipinski definition) is 2. The molecule has 0 spiro atoms. The lowest BCUT2D eigenvalue weighted by atomic mass is 10.0. The molecule has 0 bridgehead atoms. The summed E-state index contributed by atoms with van der Waals surface area (Å²) >= 11 is -1.87. The zero-order chi connectivity index (χ0) is 18.7. The number of anilines is 1. The quantitative estimate of drug-likeness (QED) is 0.676. The van der Waals surface area contributed by atoms with Crippen LogP contribution in [0.15, 0.2) is 60.7 Å². The lowest BCUT2D eigenvalue weighted by molar-refractivity contribution is 0.0825. The number of para-hydroxylation sites is 1. The molecule has 7 heteroatoms. The Balaban J connectivity index is 2.00. The Morgan fingerprint density at radius 3 is 2.31 bits per heavy atom. The maximum Gasteiger partial charge on any atom is 0.316 e. The lowest BCUT2D eigenvalue weighted by Crippen LogP contribution is -2.22. The van der Waals surface area contributed by atoms with Gasteiger partial charge in [0.2, 0.25) is 0 Å². The second-order valence-electron chi connectivity index (χ2n) is 5.80. The molecule has 134 valence electrons. The number of aromatic hydroxyl groups is 1. The van der Waals surface area contributed by atoms with Crippen LogP contribution < -0.4 is 8.91 Å². The van der Waals surface area contributed by atoms with Gasteiger partial charge in [-0.3, -0.25) is 9.52 Å². The van der Waals surface area contributed by atoms with Crippen LogP contribution in [0.2, 0.25) is 0 Å². The van der Waals surface area contributed by atoms with Gasteiger partial charge in [0.15, 0.2) is 0 Å². The number of benzene rings is 3. The summed E-state index contributed by atoms with van der Waals surface area (Å²) in [6.45, 7) is 0. The molecule has 0 saturated heterocycles. The highest BCUT2D eigenvalue weighted by atomic mass is 32.2. The number of rotatable bonds is 5. The van der Waals surface area contributed by atoms with Crippen molar-refractivity contribution in [2.75, 3.05) is 18.8 Å². The van der Waals surface area contributed by atoms with E-state index >= 15 is 0 Å². The van der Waals surface area contributed by atoms with Gasteiger partial charge in [-0.25, -0.2) is 0 Å². The third kappa shape index (κ3) is 3.62. The van der Waals surface area contributed by atoms with E-state index in [1.165, 1.54) is 11.0 Å². The van der Waals surface area contributed by atoms with E-state index < -0.39 is 11.3 Å². The van der Waals surface area contributed by atoms with E-state index in [4.69, 9.17) is 4.18 Å². The molecule has 1 unspecified atom stereocenters. The molecule has 0 aromatic heterocycles. The summed E-state index contributed by atoms with van der Waals surface area (Å²) in [6.07, 6.45) is 0. The van der Waals surface area contributed by atoms with Gasteiger partial charge in [0, 0.05) is 24.9 Å². The average Bonchev–Trinajstić information content (AvgIpc) is 2.64. The summed E-state index contributed by atoms with van der Waals surface area (Å²) in [7, 11) is 3.20. The number of phenolic OH excluding ortho intramolecular Hbond substituents is 1. The van der Waals surface area contributed by atoms with Crippen molar-refractivity contribution in [3.8, 4) is 11.5 Å². The molecule has 1 amide bonds. The van der Waals surface area contributed by atoms with Crippen LogP contribution in [0.5, 0.6) is 11.5 Å². The van der Waals surface area contributed by atoms with Crippen molar-refractivity contribution in [1.82, 2.24) is 4.90 Å². The van der Waals surface area contributed by atoms with E-state index in [2.05, 4.69) is 4.72 Å². The highest BCUT2D eigenvalue weighted by Crippen LogP contribution is 2.35. The SMILES string of the molecule is CN(C)C(=O)c1cc(NS(=O)Oc2ccccc2)c2ccccc2c1O. The van der Waals surface area contributed by atoms with Gasteiger partial charge < -0.3 is 14.2 Å². The summed E-state index contributed by atoms with van der Waals surface area (Å²) in [4.78, 5) is 13.7. The minimum absolute atomic E-state index is 0.111. The largest absolute Gasteiger partial charge is 0.506 e. The molecule has 1 atom stereocenters. The molecule has 0 saturated carbocycles. The average molecular weight is 370 g/mol. The fourth-order valence-electron chi connectivity index (χ4n) is 2.52. The predicted molar refractivity (Wildman–Crippen MR) is 102 cm³/mol. The number of phenols is 1. The second-order valence-corrected chi connectivity index (χ2v) is 6.64. The minimum Gasteiger partial charge on any atom is -0.506 e. The Labute approximate surface area is 153 Å². The van der Waals surface area contributed by atoms with Crippen molar-refractivity contribution in [2.45, 2.75) is 0 Å². The van der Waals surface area contributed by atoms with Crippen LogP contribution in [-0.2, 0) is 11.3 Å². The Hall–Kier alpha value is -3.06. The molecular formula is C19H18N2O4S. The van der Waals surface area contributed by atoms with E-state index in [9.17, 15) is 14.1 Å². The van der Waals surface area contributed by atoms with Gasteiger partial charge >= 0.3 is 11.3 Å².